The van der Waals surface area contributed by atoms with Gasteiger partial charge in [-0.3, -0.25) is 0 Å². The number of esters is 1. The number of rotatable bonds is 5. The summed E-state index contributed by atoms with van der Waals surface area (Å²) >= 11 is 3.37. The van der Waals surface area contributed by atoms with E-state index in [1.807, 2.05) is 6.07 Å². The molecule has 0 saturated carbocycles. The van der Waals surface area contributed by atoms with Gasteiger partial charge in [-0.05, 0) is 35.0 Å². The van der Waals surface area contributed by atoms with Crippen LogP contribution >= 0.6 is 15.9 Å². The second kappa shape index (κ2) is 6.06. The Labute approximate surface area is 114 Å². The molecular weight excluding hydrogens is 302 g/mol. The second-order valence-corrected chi connectivity index (χ2v) is 4.82. The van der Waals surface area contributed by atoms with Gasteiger partial charge in [-0.15, -0.1) is 0 Å². The molecule has 0 aliphatic heterocycles. The van der Waals surface area contributed by atoms with E-state index in [0.717, 1.165) is 10.2 Å². The highest BCUT2D eigenvalue weighted by Gasteiger charge is 2.31. The topological polar surface area (TPSA) is 67.8 Å². The Morgan fingerprint density at radius 1 is 1.50 bits per heavy atom. The Morgan fingerprint density at radius 2 is 2.17 bits per heavy atom. The first-order valence-corrected chi connectivity index (χ1v) is 6.08. The van der Waals surface area contributed by atoms with Gasteiger partial charge >= 0.3 is 5.97 Å². The van der Waals surface area contributed by atoms with Gasteiger partial charge in [-0.25, -0.2) is 4.79 Å². The number of methoxy groups -OCH3 is 2. The lowest BCUT2D eigenvalue weighted by atomic mass is 10.1. The van der Waals surface area contributed by atoms with E-state index in [-0.39, 0.29) is 6.54 Å². The zero-order chi connectivity index (χ0) is 13.8. The number of anilines is 1. The number of benzene rings is 1. The van der Waals surface area contributed by atoms with Crippen LogP contribution in [0.5, 0.6) is 5.75 Å². The summed E-state index contributed by atoms with van der Waals surface area (Å²) in [5.74, 6) is -0.00701. The van der Waals surface area contributed by atoms with Gasteiger partial charge in [0, 0.05) is 10.5 Å². The van der Waals surface area contributed by atoms with E-state index in [9.17, 15) is 9.90 Å². The molecule has 6 heteroatoms. The van der Waals surface area contributed by atoms with Gasteiger partial charge in [0.1, 0.15) is 5.75 Å². The van der Waals surface area contributed by atoms with Crippen LogP contribution in [0.1, 0.15) is 6.92 Å². The van der Waals surface area contributed by atoms with Gasteiger partial charge < -0.3 is 19.9 Å². The monoisotopic (exact) mass is 317 g/mol. The summed E-state index contributed by atoms with van der Waals surface area (Å²) in [6.07, 6.45) is 0. The molecule has 0 spiro atoms. The first-order chi connectivity index (χ1) is 8.40. The predicted molar refractivity (Wildman–Crippen MR) is 71.8 cm³/mol. The van der Waals surface area contributed by atoms with Crippen LogP contribution in [0.4, 0.5) is 5.69 Å². The normalized spacial score (nSPS) is 13.6. The fourth-order valence-electron chi connectivity index (χ4n) is 1.33. The number of halogens is 1. The number of carbonyl (C=O) groups is 1. The maximum atomic E-state index is 11.3. The number of aliphatic hydroxyl groups is 1. The van der Waals surface area contributed by atoms with E-state index in [4.69, 9.17) is 4.74 Å². The van der Waals surface area contributed by atoms with Crippen molar-refractivity contribution in [1.29, 1.82) is 0 Å². The largest absolute Gasteiger partial charge is 0.497 e. The molecule has 0 aliphatic rings. The lowest BCUT2D eigenvalue weighted by Crippen LogP contribution is -2.42. The molecule has 1 atom stereocenters. The quantitative estimate of drug-likeness (QED) is 0.810. The van der Waals surface area contributed by atoms with Crippen molar-refractivity contribution in [3.05, 3.63) is 22.7 Å². The molecule has 0 radical (unpaired) electrons. The van der Waals surface area contributed by atoms with Crippen molar-refractivity contribution < 1.29 is 19.4 Å². The van der Waals surface area contributed by atoms with E-state index < -0.39 is 11.6 Å². The van der Waals surface area contributed by atoms with Crippen molar-refractivity contribution in [1.82, 2.24) is 0 Å². The smallest absolute Gasteiger partial charge is 0.339 e. The number of hydrogen-bond acceptors (Lipinski definition) is 5. The van der Waals surface area contributed by atoms with Crippen molar-refractivity contribution in [3.63, 3.8) is 0 Å². The van der Waals surface area contributed by atoms with Crippen LogP contribution in [0.2, 0.25) is 0 Å². The van der Waals surface area contributed by atoms with E-state index in [2.05, 4.69) is 26.0 Å². The molecule has 18 heavy (non-hydrogen) atoms. The molecule has 0 amide bonds. The average molecular weight is 318 g/mol. The summed E-state index contributed by atoms with van der Waals surface area (Å²) in [5, 5.41) is 12.8. The van der Waals surface area contributed by atoms with Gasteiger partial charge in [0.2, 0.25) is 0 Å². The first kappa shape index (κ1) is 14.8. The van der Waals surface area contributed by atoms with Crippen LogP contribution in [-0.2, 0) is 9.53 Å². The standard InChI is InChI=1S/C12H16BrNO4/c1-12(16,11(15)18-3)7-14-10-6-8(17-2)4-5-9(10)13/h4-6,14,16H,7H2,1-3H3. The van der Waals surface area contributed by atoms with Gasteiger partial charge in [0.05, 0.1) is 26.5 Å². The third-order valence-electron chi connectivity index (χ3n) is 2.42. The molecule has 1 unspecified atom stereocenters. The molecule has 0 bridgehead atoms. The number of ether oxygens (including phenoxy) is 2. The highest BCUT2D eigenvalue weighted by atomic mass is 79.9. The predicted octanol–water partition coefficient (Wildman–Crippen LogP) is 1.79. The van der Waals surface area contributed by atoms with E-state index in [0.29, 0.717) is 5.75 Å². The molecule has 0 aliphatic carbocycles. The first-order valence-electron chi connectivity index (χ1n) is 5.29. The van der Waals surface area contributed by atoms with Crippen molar-refractivity contribution in [3.8, 4) is 5.75 Å². The van der Waals surface area contributed by atoms with Crippen LogP contribution < -0.4 is 10.1 Å². The van der Waals surface area contributed by atoms with E-state index in [1.165, 1.54) is 14.0 Å². The van der Waals surface area contributed by atoms with Crippen molar-refractivity contribution in [2.75, 3.05) is 26.1 Å². The Balaban J connectivity index is 2.77. The minimum absolute atomic E-state index is 0.0332. The maximum absolute atomic E-state index is 11.3. The summed E-state index contributed by atoms with van der Waals surface area (Å²) in [4.78, 5) is 11.3. The lowest BCUT2D eigenvalue weighted by Gasteiger charge is -2.21. The molecule has 5 nitrogen and oxygen atoms in total. The number of hydrogen-bond donors (Lipinski definition) is 2. The van der Waals surface area contributed by atoms with Crippen LogP contribution in [0.15, 0.2) is 22.7 Å². The van der Waals surface area contributed by atoms with Gasteiger partial charge in [-0.1, -0.05) is 0 Å². The summed E-state index contributed by atoms with van der Waals surface area (Å²) in [6.45, 7) is 1.42. The Bertz CT molecular complexity index is 434. The van der Waals surface area contributed by atoms with Crippen molar-refractivity contribution >= 4 is 27.6 Å². The van der Waals surface area contributed by atoms with Gasteiger partial charge in [0.25, 0.3) is 0 Å². The molecular formula is C12H16BrNO4. The lowest BCUT2D eigenvalue weighted by molar-refractivity contribution is -0.158. The molecule has 0 aromatic heterocycles. The zero-order valence-corrected chi connectivity index (χ0v) is 12.1. The third-order valence-corrected chi connectivity index (χ3v) is 3.11. The Hall–Kier alpha value is -1.27. The minimum Gasteiger partial charge on any atom is -0.497 e. The molecule has 1 rings (SSSR count). The molecule has 0 fully saturated rings. The summed E-state index contributed by atoms with van der Waals surface area (Å²) in [6, 6.07) is 5.37. The second-order valence-electron chi connectivity index (χ2n) is 3.96. The van der Waals surface area contributed by atoms with Crippen LogP contribution in [-0.4, -0.2) is 37.4 Å². The fourth-order valence-corrected chi connectivity index (χ4v) is 1.71. The van der Waals surface area contributed by atoms with Crippen LogP contribution in [0, 0.1) is 0 Å². The number of carbonyl (C=O) groups excluding carboxylic acids is 1. The molecule has 1 aromatic rings. The Kier molecular flexibility index (Phi) is 4.98. The summed E-state index contributed by atoms with van der Waals surface area (Å²) in [5.41, 5.74) is -0.865. The average Bonchev–Trinajstić information content (AvgIpc) is 2.36. The highest BCUT2D eigenvalue weighted by Crippen LogP contribution is 2.27. The van der Waals surface area contributed by atoms with E-state index in [1.54, 1.807) is 19.2 Å². The molecule has 0 saturated heterocycles. The molecule has 1 aromatic carbocycles. The molecule has 0 heterocycles. The summed E-state index contributed by atoms with van der Waals surface area (Å²) in [7, 11) is 2.80. The highest BCUT2D eigenvalue weighted by molar-refractivity contribution is 9.10. The third kappa shape index (κ3) is 3.61. The minimum atomic E-state index is -1.59. The molecule has 100 valence electrons. The fraction of sp³-hybridized carbons (Fsp3) is 0.417. The van der Waals surface area contributed by atoms with Crippen molar-refractivity contribution in [2.24, 2.45) is 0 Å². The molecule has 2 N–H and O–H groups in total. The Morgan fingerprint density at radius 3 is 2.72 bits per heavy atom. The van der Waals surface area contributed by atoms with E-state index >= 15 is 0 Å². The van der Waals surface area contributed by atoms with Crippen molar-refractivity contribution in [2.45, 2.75) is 12.5 Å². The summed E-state index contributed by atoms with van der Waals surface area (Å²) < 4.78 is 10.4. The number of nitrogens with one attached hydrogen (secondary N) is 1. The maximum Gasteiger partial charge on any atom is 0.339 e. The SMILES string of the molecule is COC(=O)C(C)(O)CNc1cc(OC)ccc1Br. The zero-order valence-electron chi connectivity index (χ0n) is 10.5. The van der Waals surface area contributed by atoms with Crippen LogP contribution in [0.3, 0.4) is 0 Å². The van der Waals surface area contributed by atoms with Crippen LogP contribution in [0.25, 0.3) is 0 Å². The van der Waals surface area contributed by atoms with Gasteiger partial charge in [0.15, 0.2) is 5.60 Å². The van der Waals surface area contributed by atoms with Gasteiger partial charge in [-0.2, -0.15) is 0 Å².